The number of nitrogens with zero attached hydrogens (tertiary/aromatic N) is 4. The van der Waals surface area contributed by atoms with E-state index in [9.17, 15) is 4.79 Å². The second kappa shape index (κ2) is 6.35. The molecule has 0 aliphatic rings. The van der Waals surface area contributed by atoms with Gasteiger partial charge in [0.2, 0.25) is 0 Å². The number of aromatic nitrogens is 4. The molecule has 24 heavy (non-hydrogen) atoms. The lowest BCUT2D eigenvalue weighted by Gasteiger charge is -2.12. The van der Waals surface area contributed by atoms with Crippen molar-refractivity contribution in [2.24, 2.45) is 7.05 Å². The molecule has 0 aliphatic heterocycles. The zero-order valence-corrected chi connectivity index (χ0v) is 14.4. The molecule has 126 valence electrons. The second-order valence-corrected chi connectivity index (χ2v) is 6.14. The molecule has 2 heterocycles. The fourth-order valence-corrected chi connectivity index (χ4v) is 2.66. The van der Waals surface area contributed by atoms with Gasteiger partial charge in [0.25, 0.3) is 0 Å². The number of fused-ring (bicyclic) bond motifs is 1. The van der Waals surface area contributed by atoms with Gasteiger partial charge in [-0.2, -0.15) is 5.10 Å². The molecule has 0 atom stereocenters. The van der Waals surface area contributed by atoms with Crippen molar-refractivity contribution in [2.45, 2.75) is 33.4 Å². The van der Waals surface area contributed by atoms with E-state index in [1.807, 2.05) is 44.5 Å². The highest BCUT2D eigenvalue weighted by atomic mass is 16.2. The normalized spacial score (nSPS) is 11.2. The lowest BCUT2D eigenvalue weighted by molar-refractivity contribution is 0.251. The number of urea groups is 1. The zero-order chi connectivity index (χ0) is 17.3. The van der Waals surface area contributed by atoms with Crippen LogP contribution >= 0.6 is 0 Å². The summed E-state index contributed by atoms with van der Waals surface area (Å²) in [4.78, 5) is 16.7. The fraction of sp³-hybridized carbons (Fsp3) is 0.353. The number of nitrogens with one attached hydrogen (secondary N) is 2. The van der Waals surface area contributed by atoms with Gasteiger partial charge in [-0.25, -0.2) is 14.5 Å². The second-order valence-electron chi connectivity index (χ2n) is 6.14. The van der Waals surface area contributed by atoms with Crippen LogP contribution in [-0.4, -0.2) is 25.4 Å². The summed E-state index contributed by atoms with van der Waals surface area (Å²) < 4.78 is 3.75. The van der Waals surface area contributed by atoms with Crippen LogP contribution in [0.5, 0.6) is 0 Å². The van der Waals surface area contributed by atoms with Crippen molar-refractivity contribution in [3.8, 4) is 0 Å². The Bertz CT molecular complexity index is 876. The van der Waals surface area contributed by atoms with E-state index < -0.39 is 0 Å². The minimum absolute atomic E-state index is 0.179. The van der Waals surface area contributed by atoms with Crippen LogP contribution in [0.4, 0.5) is 10.6 Å². The van der Waals surface area contributed by atoms with Gasteiger partial charge in [-0.05, 0) is 38.5 Å². The van der Waals surface area contributed by atoms with Gasteiger partial charge < -0.3 is 9.88 Å². The van der Waals surface area contributed by atoms with Crippen LogP contribution in [0.25, 0.3) is 11.0 Å². The molecule has 3 rings (SSSR count). The van der Waals surface area contributed by atoms with Crippen molar-refractivity contribution in [1.82, 2.24) is 24.6 Å². The van der Waals surface area contributed by atoms with Crippen molar-refractivity contribution in [2.75, 3.05) is 5.32 Å². The molecule has 2 aromatic heterocycles. The summed E-state index contributed by atoms with van der Waals surface area (Å²) in [6.45, 7) is 6.41. The van der Waals surface area contributed by atoms with Crippen LogP contribution in [0.1, 0.15) is 31.3 Å². The molecule has 2 amide bonds. The van der Waals surface area contributed by atoms with Gasteiger partial charge in [-0.1, -0.05) is 6.07 Å². The fourth-order valence-electron chi connectivity index (χ4n) is 2.66. The Kier molecular flexibility index (Phi) is 4.24. The molecule has 0 saturated carbocycles. The molecule has 0 bridgehead atoms. The average molecular weight is 326 g/mol. The van der Waals surface area contributed by atoms with Crippen LogP contribution < -0.4 is 10.6 Å². The van der Waals surface area contributed by atoms with Crippen molar-refractivity contribution >= 4 is 22.9 Å². The Morgan fingerprint density at radius 1 is 1.29 bits per heavy atom. The molecular formula is C17H22N6O. The molecule has 1 aromatic carbocycles. The van der Waals surface area contributed by atoms with Crippen LogP contribution in [0.15, 0.2) is 30.5 Å². The highest BCUT2D eigenvalue weighted by Gasteiger charge is 2.11. The van der Waals surface area contributed by atoms with Gasteiger partial charge in [-0.3, -0.25) is 5.32 Å². The molecular weight excluding hydrogens is 304 g/mol. The summed E-state index contributed by atoms with van der Waals surface area (Å²) in [5.74, 6) is 1.48. The van der Waals surface area contributed by atoms with Gasteiger partial charge >= 0.3 is 6.03 Å². The van der Waals surface area contributed by atoms with E-state index in [0.29, 0.717) is 12.4 Å². The van der Waals surface area contributed by atoms with Crippen LogP contribution in [0, 0.1) is 6.92 Å². The summed E-state index contributed by atoms with van der Waals surface area (Å²) in [6, 6.07) is 7.82. The third-order valence-electron chi connectivity index (χ3n) is 3.94. The maximum atomic E-state index is 12.1. The number of hydrogen-bond acceptors (Lipinski definition) is 3. The van der Waals surface area contributed by atoms with E-state index in [-0.39, 0.29) is 12.1 Å². The molecule has 7 heteroatoms. The van der Waals surface area contributed by atoms with Crippen LogP contribution in [0.2, 0.25) is 0 Å². The van der Waals surface area contributed by atoms with E-state index in [0.717, 1.165) is 16.9 Å². The van der Waals surface area contributed by atoms with E-state index >= 15 is 0 Å². The minimum atomic E-state index is -0.277. The van der Waals surface area contributed by atoms with E-state index in [1.54, 1.807) is 16.9 Å². The molecule has 0 spiro atoms. The Hall–Kier alpha value is -2.83. The number of benzene rings is 1. The first-order chi connectivity index (χ1) is 11.5. The largest absolute Gasteiger partial charge is 0.331 e. The lowest BCUT2D eigenvalue weighted by atomic mass is 10.2. The smallest absolute Gasteiger partial charge is 0.320 e. The number of rotatable bonds is 4. The minimum Gasteiger partial charge on any atom is -0.331 e. The van der Waals surface area contributed by atoms with Crippen molar-refractivity contribution in [3.63, 3.8) is 0 Å². The predicted octanol–water partition coefficient (Wildman–Crippen LogP) is 2.98. The molecule has 7 nitrogen and oxygen atoms in total. The number of hydrogen-bond donors (Lipinski definition) is 2. The number of imidazole rings is 1. The molecule has 0 aliphatic carbocycles. The molecule has 3 aromatic rings. The molecule has 0 saturated heterocycles. The average Bonchev–Trinajstić information content (AvgIpc) is 3.10. The molecule has 0 fully saturated rings. The highest BCUT2D eigenvalue weighted by molar-refractivity contribution is 5.88. The summed E-state index contributed by atoms with van der Waals surface area (Å²) in [6.07, 6.45) is 1.67. The van der Waals surface area contributed by atoms with Gasteiger partial charge in [0.1, 0.15) is 11.6 Å². The van der Waals surface area contributed by atoms with Crippen molar-refractivity contribution < 1.29 is 4.79 Å². The van der Waals surface area contributed by atoms with Gasteiger partial charge in [0.15, 0.2) is 0 Å². The third kappa shape index (κ3) is 3.10. The number of aryl methyl sites for hydroxylation is 2. The molecule has 0 unspecified atom stereocenters. The zero-order valence-electron chi connectivity index (χ0n) is 14.4. The maximum Gasteiger partial charge on any atom is 0.320 e. The topological polar surface area (TPSA) is 76.8 Å². The van der Waals surface area contributed by atoms with E-state index in [4.69, 9.17) is 0 Å². The van der Waals surface area contributed by atoms with Gasteiger partial charge in [0, 0.05) is 19.2 Å². The number of carbonyl (C=O) groups excluding carboxylic acids is 1. The highest BCUT2D eigenvalue weighted by Crippen LogP contribution is 2.16. The Morgan fingerprint density at radius 3 is 2.83 bits per heavy atom. The van der Waals surface area contributed by atoms with Gasteiger partial charge in [0.05, 0.1) is 23.8 Å². The van der Waals surface area contributed by atoms with E-state index in [1.165, 1.54) is 5.56 Å². The first-order valence-electron chi connectivity index (χ1n) is 7.96. The first kappa shape index (κ1) is 16.0. The number of anilines is 1. The lowest BCUT2D eigenvalue weighted by Crippen LogP contribution is -2.30. The predicted molar refractivity (Wildman–Crippen MR) is 93.9 cm³/mol. The summed E-state index contributed by atoms with van der Waals surface area (Å²) in [5, 5.41) is 9.86. The Balaban J connectivity index is 1.68. The number of amides is 2. The van der Waals surface area contributed by atoms with Crippen molar-refractivity contribution in [3.05, 3.63) is 41.9 Å². The maximum absolute atomic E-state index is 12.1. The van der Waals surface area contributed by atoms with E-state index in [2.05, 4.69) is 26.8 Å². The first-order valence-corrected chi connectivity index (χ1v) is 7.96. The Morgan fingerprint density at radius 2 is 2.08 bits per heavy atom. The SMILES string of the molecule is Cc1ccc2c(c1)nc(CNC(=O)Nc1ccnn1C(C)C)n2C. The van der Waals surface area contributed by atoms with Crippen molar-refractivity contribution in [1.29, 1.82) is 0 Å². The molecule has 2 N–H and O–H groups in total. The Labute approximate surface area is 140 Å². The standard InChI is InChI=1S/C17H22N6O/c1-11(2)23-15(7-8-19-23)21-17(24)18-10-16-20-13-9-12(3)5-6-14(13)22(16)4/h5-9,11H,10H2,1-4H3,(H2,18,21,24). The summed E-state index contributed by atoms with van der Waals surface area (Å²) in [5.41, 5.74) is 3.16. The quantitative estimate of drug-likeness (QED) is 0.774. The van der Waals surface area contributed by atoms with Crippen LogP contribution in [-0.2, 0) is 13.6 Å². The monoisotopic (exact) mass is 326 g/mol. The summed E-state index contributed by atoms with van der Waals surface area (Å²) in [7, 11) is 1.95. The number of carbonyl (C=O) groups is 1. The van der Waals surface area contributed by atoms with Crippen LogP contribution in [0.3, 0.4) is 0 Å². The summed E-state index contributed by atoms with van der Waals surface area (Å²) >= 11 is 0. The van der Waals surface area contributed by atoms with Gasteiger partial charge in [-0.15, -0.1) is 0 Å². The molecule has 0 radical (unpaired) electrons. The third-order valence-corrected chi connectivity index (χ3v) is 3.94.